The van der Waals surface area contributed by atoms with Crippen molar-refractivity contribution in [2.45, 2.75) is 0 Å². The molecule has 0 heterocycles. The lowest BCUT2D eigenvalue weighted by Crippen LogP contribution is -1.05. The number of nitrogens with zero attached hydrogens (tertiary/aromatic N) is 3. The summed E-state index contributed by atoms with van der Waals surface area (Å²) in [6.45, 7) is 0. The van der Waals surface area contributed by atoms with Crippen LogP contribution < -0.4 is 0 Å². The summed E-state index contributed by atoms with van der Waals surface area (Å²) in [5, 5.41) is 0. The van der Waals surface area contributed by atoms with E-state index >= 15 is 0 Å². The lowest BCUT2D eigenvalue weighted by atomic mass is 13.0. The van der Waals surface area contributed by atoms with Crippen LogP contribution in [0.25, 0.3) is 10.4 Å². The normalized spacial score (nSPS) is 6.40. The Morgan fingerprint density at radius 3 is 2.60 bits per heavy atom. The van der Waals surface area contributed by atoms with Crippen LogP contribution in [-0.2, 0) is 4.57 Å². The van der Waals surface area contributed by atoms with E-state index in [1.807, 2.05) is 0 Å². The van der Waals surface area contributed by atoms with E-state index in [1.165, 1.54) is 0 Å². The second-order valence-corrected chi connectivity index (χ2v) is 0.603. The van der Waals surface area contributed by atoms with Gasteiger partial charge in [0.05, 0.1) is 0 Å². The van der Waals surface area contributed by atoms with Gasteiger partial charge >= 0.3 is 0 Å². The van der Waals surface area contributed by atoms with Crippen molar-refractivity contribution in [3.63, 3.8) is 0 Å². The van der Waals surface area contributed by atoms with Gasteiger partial charge in [-0.25, -0.2) is 0 Å². The lowest BCUT2D eigenvalue weighted by Gasteiger charge is -1.36. The van der Waals surface area contributed by atoms with Gasteiger partial charge in [-0.1, -0.05) is 0 Å². The Morgan fingerprint density at radius 1 is 2.00 bits per heavy atom. The molecule has 0 aliphatic heterocycles. The average molecular weight is 89.0 g/mol. The van der Waals surface area contributed by atoms with Gasteiger partial charge in [0.1, 0.15) is 0 Å². The SMILES string of the molecule is [N-]=[N+]=NP=O. The Hall–Kier alpha value is -0.590. The fourth-order valence-corrected chi connectivity index (χ4v) is 0.0490. The molecule has 0 unspecified atom stereocenters. The summed E-state index contributed by atoms with van der Waals surface area (Å²) in [5.74, 6) is 0. The summed E-state index contributed by atoms with van der Waals surface area (Å²) in [6.07, 6.45) is 0. The predicted octanol–water partition coefficient (Wildman–Crippen LogP) is 1.50. The second-order valence-electron chi connectivity index (χ2n) is 0.261. The number of hydrogen-bond acceptors (Lipinski definition) is 1. The van der Waals surface area contributed by atoms with Crippen molar-refractivity contribution >= 4 is 8.61 Å². The van der Waals surface area contributed by atoms with Crippen LogP contribution in [0.1, 0.15) is 0 Å². The van der Waals surface area contributed by atoms with Crippen molar-refractivity contribution in [2.75, 3.05) is 0 Å². The van der Waals surface area contributed by atoms with Crippen molar-refractivity contribution in [1.29, 1.82) is 0 Å². The average Bonchev–Trinajstić information content (AvgIpc) is 1.41. The molecule has 0 amide bonds. The molecule has 0 aromatic carbocycles. The van der Waals surface area contributed by atoms with E-state index in [4.69, 9.17) is 10.1 Å². The standard InChI is InChI=1S/N3OP/c1-2-3-5-4. The maximum atomic E-state index is 9.08. The van der Waals surface area contributed by atoms with Crippen molar-refractivity contribution < 1.29 is 4.57 Å². The second kappa shape index (κ2) is 3.41. The van der Waals surface area contributed by atoms with Gasteiger partial charge in [-0.3, -0.25) is 4.57 Å². The van der Waals surface area contributed by atoms with E-state index in [0.29, 0.717) is 0 Å². The molecule has 5 heavy (non-hydrogen) atoms. The van der Waals surface area contributed by atoms with Crippen LogP contribution in [0, 0.1) is 0 Å². The highest BCUT2D eigenvalue weighted by Crippen LogP contribution is 1.88. The Bertz CT molecular complexity index is 71.0. The molecule has 0 rings (SSSR count). The molecule has 0 bridgehead atoms. The molecule has 0 saturated carbocycles. The highest BCUT2D eigenvalue weighted by molar-refractivity contribution is 7.21. The van der Waals surface area contributed by atoms with Crippen molar-refractivity contribution in [1.82, 2.24) is 0 Å². The van der Waals surface area contributed by atoms with Gasteiger partial charge in [0, 0.05) is 9.80 Å². The predicted molar refractivity (Wildman–Crippen MR) is 16.8 cm³/mol. The Kier molecular flexibility index (Phi) is 3.01. The zero-order chi connectivity index (χ0) is 4.12. The van der Waals surface area contributed by atoms with Gasteiger partial charge < -0.3 is 0 Å². The van der Waals surface area contributed by atoms with Crippen LogP contribution >= 0.6 is 8.61 Å². The minimum Gasteiger partial charge on any atom is -0.267 e. The maximum absolute atomic E-state index is 9.08. The van der Waals surface area contributed by atoms with E-state index in [-0.39, 0.29) is 0 Å². The molecule has 0 aliphatic rings. The molecule has 0 saturated heterocycles. The van der Waals surface area contributed by atoms with Crippen molar-refractivity contribution in [2.24, 2.45) is 4.88 Å². The van der Waals surface area contributed by atoms with Gasteiger partial charge in [0.15, 0.2) is 0 Å². The Labute approximate surface area is 29.7 Å². The molecule has 0 spiro atoms. The third-order valence-corrected chi connectivity index (χ3v) is 0.230. The molecule has 0 aromatic rings. The maximum Gasteiger partial charge on any atom is 0.254 e. The van der Waals surface area contributed by atoms with E-state index in [1.54, 1.807) is 0 Å². The smallest absolute Gasteiger partial charge is 0.254 e. The van der Waals surface area contributed by atoms with Crippen LogP contribution in [0.2, 0.25) is 0 Å². The summed E-state index contributed by atoms with van der Waals surface area (Å²) in [6, 6.07) is 0. The van der Waals surface area contributed by atoms with Crippen molar-refractivity contribution in [3.8, 4) is 0 Å². The fourth-order valence-electron chi connectivity index (χ4n) is 0.0163. The molecule has 4 nitrogen and oxygen atoms in total. The van der Waals surface area contributed by atoms with Crippen LogP contribution in [0.4, 0.5) is 0 Å². The quantitative estimate of drug-likeness (QED) is 0.208. The molecule has 0 aliphatic carbocycles. The van der Waals surface area contributed by atoms with Gasteiger partial charge in [0.25, 0.3) is 8.61 Å². The molecule has 0 radical (unpaired) electrons. The molecular weight excluding hydrogens is 89.0 g/mol. The third kappa shape index (κ3) is 3.41. The molecule has 0 aromatic heterocycles. The molecule has 0 fully saturated rings. The van der Waals surface area contributed by atoms with Crippen LogP contribution in [0.3, 0.4) is 0 Å². The summed E-state index contributed by atoms with van der Waals surface area (Å²) >= 11 is 0. The van der Waals surface area contributed by atoms with Gasteiger partial charge in [-0.15, -0.1) is 0 Å². The zero-order valence-corrected chi connectivity index (χ0v) is 3.09. The first kappa shape index (κ1) is 4.41. The fraction of sp³-hybridized carbons (Fsp3) is 0. The summed E-state index contributed by atoms with van der Waals surface area (Å²) < 4.78 is 9.08. The first-order valence-electron chi connectivity index (χ1n) is 0.783. The van der Waals surface area contributed by atoms with Gasteiger partial charge in [0.2, 0.25) is 0 Å². The third-order valence-electron chi connectivity index (χ3n) is 0.0765. The summed E-state index contributed by atoms with van der Waals surface area (Å²) in [4.78, 5) is 4.72. The highest BCUT2D eigenvalue weighted by atomic mass is 31.1. The Balaban J connectivity index is 3.31. The van der Waals surface area contributed by atoms with E-state index in [2.05, 4.69) is 9.80 Å². The van der Waals surface area contributed by atoms with Crippen LogP contribution in [-0.4, -0.2) is 0 Å². The molecule has 5 heteroatoms. The number of azide groups is 1. The van der Waals surface area contributed by atoms with E-state index in [9.17, 15) is 0 Å². The van der Waals surface area contributed by atoms with Crippen molar-refractivity contribution in [3.05, 3.63) is 10.4 Å². The molecule has 0 atom stereocenters. The minimum atomic E-state index is -0.512. The molecule has 26 valence electrons. The molecule has 0 N–H and O–H groups in total. The highest BCUT2D eigenvalue weighted by Gasteiger charge is 1.49. The summed E-state index contributed by atoms with van der Waals surface area (Å²) in [5.41, 5.74) is 7.32. The number of rotatable bonds is 1. The zero-order valence-electron chi connectivity index (χ0n) is 2.20. The Morgan fingerprint density at radius 2 is 2.60 bits per heavy atom. The van der Waals surface area contributed by atoms with E-state index < -0.39 is 8.61 Å². The largest absolute Gasteiger partial charge is 0.267 e. The first-order chi connectivity index (χ1) is 2.41. The number of hydrogen-bond donors (Lipinski definition) is 0. The van der Waals surface area contributed by atoms with Gasteiger partial charge in [-0.05, 0) is 5.53 Å². The van der Waals surface area contributed by atoms with E-state index in [0.717, 1.165) is 0 Å². The monoisotopic (exact) mass is 89.0 g/mol. The minimum absolute atomic E-state index is 0.512. The summed E-state index contributed by atoms with van der Waals surface area (Å²) in [7, 11) is -0.512. The molecular formula is N3OP. The van der Waals surface area contributed by atoms with Gasteiger partial charge in [-0.2, -0.15) is 0 Å². The topological polar surface area (TPSA) is 65.8 Å². The van der Waals surface area contributed by atoms with Crippen LogP contribution in [0.5, 0.6) is 0 Å². The lowest BCUT2D eigenvalue weighted by molar-refractivity contribution is 0.599. The first-order valence-corrected chi connectivity index (χ1v) is 1.55. The van der Waals surface area contributed by atoms with Crippen LogP contribution in [0.15, 0.2) is 4.88 Å².